The number of rotatable bonds is 0. The van der Waals surface area contributed by atoms with Crippen LogP contribution in [-0.4, -0.2) is 12.2 Å². The van der Waals surface area contributed by atoms with Crippen LogP contribution in [0.1, 0.15) is 6.92 Å². The fourth-order valence-electron chi connectivity index (χ4n) is 0.770. The molecule has 0 saturated heterocycles. The van der Waals surface area contributed by atoms with Crippen LogP contribution in [0.2, 0.25) is 0 Å². The average molecular weight is 284 g/mol. The van der Waals surface area contributed by atoms with Crippen LogP contribution in [0, 0.1) is 10.8 Å². The molecule has 4 nitrogen and oxygen atoms in total. The van der Waals surface area contributed by atoms with Crippen molar-refractivity contribution in [3.05, 3.63) is 85.5 Å². The summed E-state index contributed by atoms with van der Waals surface area (Å²) in [4.78, 5) is 16.7. The maximum absolute atomic E-state index is 8.35. The molecule has 0 aliphatic heterocycles. The van der Waals surface area contributed by atoms with Gasteiger partial charge >= 0.3 is 0 Å². The van der Waals surface area contributed by atoms with Crippen LogP contribution in [0.5, 0.6) is 0 Å². The first-order valence-corrected chi connectivity index (χ1v) is 5.89. The molecular weight excluding hydrogens is 264 g/mol. The summed E-state index contributed by atoms with van der Waals surface area (Å²) in [7, 11) is 0. The Labute approximate surface area is 125 Å². The Morgan fingerprint density at radius 2 is 0.714 bits per heavy atom. The van der Waals surface area contributed by atoms with Gasteiger partial charge in [-0.25, -0.2) is 20.4 Å². The quantitative estimate of drug-likeness (QED) is 0.428. The maximum Gasteiger partial charge on any atom is 0.231 e. The van der Waals surface area contributed by atoms with Crippen molar-refractivity contribution in [2.45, 2.75) is 6.92 Å². The van der Waals surface area contributed by atoms with E-state index in [9.17, 15) is 0 Å². The second kappa shape index (κ2) is 30.2. The van der Waals surface area contributed by atoms with E-state index in [4.69, 9.17) is 20.4 Å². The highest BCUT2D eigenvalue weighted by Gasteiger charge is 1.58. The van der Waals surface area contributed by atoms with E-state index in [1.165, 1.54) is 0 Å². The molecule has 0 radical (unpaired) electrons. The second-order valence-corrected chi connectivity index (χ2v) is 2.92. The van der Waals surface area contributed by atoms with Crippen molar-refractivity contribution in [3.8, 4) is 0 Å². The first-order valence-electron chi connectivity index (χ1n) is 5.89. The van der Waals surface area contributed by atoms with Crippen molar-refractivity contribution in [2.75, 3.05) is 0 Å². The monoisotopic (exact) mass is 284 g/mol. The number of hydrogen-bond donors (Lipinski definition) is 2. The smallest absolute Gasteiger partial charge is 0.222 e. The van der Waals surface area contributed by atoms with Gasteiger partial charge in [-0.2, -0.15) is 0 Å². The lowest BCUT2D eigenvalue weighted by molar-refractivity contribution is 0.562. The van der Waals surface area contributed by atoms with Crippen molar-refractivity contribution < 1.29 is 9.59 Å². The third kappa shape index (κ3) is 47.3. The van der Waals surface area contributed by atoms with Crippen LogP contribution >= 0.6 is 0 Å². The fraction of sp³-hybridized carbons (Fsp3) is 0.0588. The Morgan fingerprint density at radius 3 is 0.762 bits per heavy atom. The molecule has 0 aliphatic rings. The molecule has 0 amide bonds. The van der Waals surface area contributed by atoms with Crippen molar-refractivity contribution in [1.29, 1.82) is 10.8 Å². The molecule has 0 aromatic heterocycles. The third-order valence-electron chi connectivity index (χ3n) is 1.33. The minimum absolute atomic E-state index is 0.750. The minimum atomic E-state index is 0.750. The number of carbonyl (C=O) groups excluding carboxylic acids is 2. The number of allylic oxidation sites excluding steroid dienone is 1. The number of isocyanates is 2. The zero-order valence-electron chi connectivity index (χ0n) is 12.0. The van der Waals surface area contributed by atoms with Crippen LogP contribution in [0.15, 0.2) is 85.5 Å². The van der Waals surface area contributed by atoms with Crippen molar-refractivity contribution >= 4 is 12.2 Å². The van der Waals surface area contributed by atoms with E-state index in [1.54, 1.807) is 6.08 Å². The van der Waals surface area contributed by atoms with E-state index in [0.29, 0.717) is 0 Å². The lowest BCUT2D eigenvalue weighted by atomic mass is 10.4. The Kier molecular flexibility index (Phi) is 33.2. The van der Waals surface area contributed by atoms with Gasteiger partial charge in [0.1, 0.15) is 0 Å². The van der Waals surface area contributed by atoms with Crippen LogP contribution in [0.3, 0.4) is 0 Å². The van der Waals surface area contributed by atoms with Gasteiger partial charge < -0.3 is 0 Å². The molecule has 0 heterocycles. The van der Waals surface area contributed by atoms with Gasteiger partial charge in [0.2, 0.25) is 12.2 Å². The highest BCUT2D eigenvalue weighted by Crippen LogP contribution is 1.80. The molecule has 2 aromatic carbocycles. The van der Waals surface area contributed by atoms with Crippen LogP contribution in [0.4, 0.5) is 0 Å². The van der Waals surface area contributed by atoms with Crippen molar-refractivity contribution in [1.82, 2.24) is 0 Å². The molecule has 4 heteroatoms. The van der Waals surface area contributed by atoms with Crippen LogP contribution < -0.4 is 0 Å². The first-order chi connectivity index (χ1) is 10.2. The van der Waals surface area contributed by atoms with Crippen molar-refractivity contribution in [3.63, 3.8) is 0 Å². The minimum Gasteiger partial charge on any atom is -0.222 e. The van der Waals surface area contributed by atoms with E-state index >= 15 is 0 Å². The van der Waals surface area contributed by atoms with Crippen LogP contribution in [-0.2, 0) is 9.59 Å². The highest BCUT2D eigenvalue weighted by atomic mass is 16.1. The van der Waals surface area contributed by atoms with E-state index in [2.05, 4.69) is 6.58 Å². The van der Waals surface area contributed by atoms with Gasteiger partial charge in [-0.1, -0.05) is 78.9 Å². The fourth-order valence-corrected chi connectivity index (χ4v) is 0.770. The second-order valence-electron chi connectivity index (χ2n) is 2.92. The summed E-state index contributed by atoms with van der Waals surface area (Å²) in [5, 5.41) is 10.8. The summed E-state index contributed by atoms with van der Waals surface area (Å²) in [6, 6.07) is 24.0. The lowest BCUT2D eigenvalue weighted by Crippen LogP contribution is -1.47. The summed E-state index contributed by atoms with van der Waals surface area (Å²) in [6.07, 6.45) is 3.25. The molecule has 0 atom stereocenters. The molecule has 0 saturated carbocycles. The highest BCUT2D eigenvalue weighted by molar-refractivity contribution is 5.26. The Hall–Kier alpha value is -3.06. The zero-order chi connectivity index (χ0) is 16.6. The van der Waals surface area contributed by atoms with Gasteiger partial charge in [-0.05, 0) is 6.92 Å². The van der Waals surface area contributed by atoms with Gasteiger partial charge in [0.25, 0.3) is 0 Å². The van der Waals surface area contributed by atoms with E-state index in [-0.39, 0.29) is 0 Å². The molecule has 0 spiro atoms. The summed E-state index contributed by atoms with van der Waals surface area (Å²) < 4.78 is 0. The molecule has 21 heavy (non-hydrogen) atoms. The van der Waals surface area contributed by atoms with Crippen LogP contribution in [0.25, 0.3) is 0 Å². The Morgan fingerprint density at radius 1 is 0.667 bits per heavy atom. The van der Waals surface area contributed by atoms with E-state index in [0.717, 1.165) is 12.2 Å². The summed E-state index contributed by atoms with van der Waals surface area (Å²) in [6.45, 7) is 5.25. The number of benzene rings is 2. The predicted molar refractivity (Wildman–Crippen MR) is 85.6 cm³/mol. The van der Waals surface area contributed by atoms with Gasteiger partial charge in [0, 0.05) is 0 Å². The molecule has 0 bridgehead atoms. The topological polar surface area (TPSA) is 81.8 Å². The van der Waals surface area contributed by atoms with Gasteiger partial charge in [0.15, 0.2) is 0 Å². The summed E-state index contributed by atoms with van der Waals surface area (Å²) >= 11 is 0. The van der Waals surface area contributed by atoms with Gasteiger partial charge in [-0.3, -0.25) is 0 Å². The predicted octanol–water partition coefficient (Wildman–Crippen LogP) is 4.37. The standard InChI is InChI=1S/2C6H6.C3H6.2CHNO/c2*1-2-4-6-5-3-1;1-3-2;2*2-1-3/h2*1-6H;3H,1H2,2H3;2*2H. The Balaban J connectivity index is -0.000000204. The largest absolute Gasteiger partial charge is 0.231 e. The Bertz CT molecular complexity index is 362. The molecule has 2 N–H and O–H groups in total. The molecular formula is C17H20N2O2. The normalized spacial score (nSPS) is 5.95. The lowest BCUT2D eigenvalue weighted by Gasteiger charge is -1.69. The zero-order valence-corrected chi connectivity index (χ0v) is 12.0. The van der Waals surface area contributed by atoms with Gasteiger partial charge in [0.05, 0.1) is 0 Å². The van der Waals surface area contributed by atoms with E-state index < -0.39 is 0 Å². The molecule has 110 valence electrons. The van der Waals surface area contributed by atoms with E-state index in [1.807, 2.05) is 79.7 Å². The molecule has 2 aromatic rings. The molecule has 0 fully saturated rings. The molecule has 0 aliphatic carbocycles. The number of hydrogen-bond acceptors (Lipinski definition) is 4. The summed E-state index contributed by atoms with van der Waals surface area (Å²) in [5.74, 6) is 0. The molecule has 0 unspecified atom stereocenters. The first kappa shape index (κ1) is 23.1. The van der Waals surface area contributed by atoms with Crippen molar-refractivity contribution in [2.24, 2.45) is 0 Å². The third-order valence-corrected chi connectivity index (χ3v) is 1.33. The maximum atomic E-state index is 8.35. The van der Waals surface area contributed by atoms with Gasteiger partial charge in [-0.15, -0.1) is 6.58 Å². The number of nitrogens with one attached hydrogen (secondary N) is 2. The summed E-state index contributed by atoms with van der Waals surface area (Å²) in [5.41, 5.74) is 0. The average Bonchev–Trinajstić information content (AvgIpc) is 2.54. The SMILES string of the molecule is C=CC.N=C=O.N=C=O.c1ccccc1.c1ccccc1. The molecule has 2 rings (SSSR count).